The third-order valence-corrected chi connectivity index (χ3v) is 9.44. The Hall–Kier alpha value is -2.76. The molecule has 0 N–H and O–H groups in total. The molecule has 0 unspecified atom stereocenters. The van der Waals surface area contributed by atoms with Crippen LogP contribution in [-0.4, -0.2) is 66.4 Å². The highest BCUT2D eigenvalue weighted by molar-refractivity contribution is 7.89. The predicted molar refractivity (Wildman–Crippen MR) is 129 cm³/mol. The van der Waals surface area contributed by atoms with Crippen LogP contribution < -0.4 is 4.90 Å². The first-order valence-corrected chi connectivity index (χ1v) is 13.6. The predicted octanol–water partition coefficient (Wildman–Crippen LogP) is 2.77. The van der Waals surface area contributed by atoms with Gasteiger partial charge in [-0.15, -0.1) is 11.3 Å². The zero-order valence-electron chi connectivity index (χ0n) is 19.4. The van der Waals surface area contributed by atoms with Gasteiger partial charge in [0.05, 0.1) is 4.90 Å². The maximum absolute atomic E-state index is 13.6. The van der Waals surface area contributed by atoms with E-state index in [4.69, 9.17) is 4.52 Å². The van der Waals surface area contributed by atoms with Crippen LogP contribution in [0.2, 0.25) is 0 Å². The quantitative estimate of drug-likeness (QED) is 0.542. The lowest BCUT2D eigenvalue weighted by atomic mass is 10.1. The number of aromatic nitrogens is 2. The van der Waals surface area contributed by atoms with Crippen LogP contribution in [0.1, 0.15) is 38.5 Å². The van der Waals surface area contributed by atoms with Gasteiger partial charge in [0.2, 0.25) is 10.0 Å². The number of thiazole rings is 1. The van der Waals surface area contributed by atoms with E-state index >= 15 is 0 Å². The van der Waals surface area contributed by atoms with Crippen LogP contribution >= 0.6 is 11.3 Å². The zero-order chi connectivity index (χ0) is 24.0. The molecule has 0 saturated carbocycles. The fraction of sp³-hybridized carbons (Fsp3) is 0.435. The normalized spacial score (nSPS) is 17.1. The van der Waals surface area contributed by atoms with Crippen molar-refractivity contribution in [2.75, 3.05) is 37.6 Å². The Morgan fingerprint density at radius 1 is 1.06 bits per heavy atom. The molecule has 34 heavy (non-hydrogen) atoms. The van der Waals surface area contributed by atoms with Gasteiger partial charge in [0.15, 0.2) is 10.8 Å². The van der Waals surface area contributed by atoms with Crippen LogP contribution in [0.5, 0.6) is 0 Å². The number of anilines is 1. The van der Waals surface area contributed by atoms with Crippen molar-refractivity contribution in [3.63, 3.8) is 0 Å². The molecule has 2 aliphatic heterocycles. The molecule has 0 bridgehead atoms. The van der Waals surface area contributed by atoms with E-state index in [0.717, 1.165) is 21.8 Å². The third kappa shape index (κ3) is 4.01. The smallest absolute Gasteiger partial charge is 0.276 e. The molecule has 1 fully saturated rings. The molecule has 0 spiro atoms. The number of hydrogen-bond acceptors (Lipinski definition) is 8. The molecule has 0 radical (unpaired) electrons. The first kappa shape index (κ1) is 23.0. The highest BCUT2D eigenvalue weighted by Gasteiger charge is 2.36. The number of hydrogen-bond donors (Lipinski definition) is 0. The Bertz CT molecular complexity index is 1300. The third-order valence-electron chi connectivity index (χ3n) is 6.45. The molecule has 1 saturated heterocycles. The van der Waals surface area contributed by atoms with Crippen molar-refractivity contribution >= 4 is 32.4 Å². The molecule has 2 aromatic heterocycles. The Balaban J connectivity index is 1.35. The summed E-state index contributed by atoms with van der Waals surface area (Å²) in [6, 6.07) is 3.77. The van der Waals surface area contributed by atoms with Gasteiger partial charge in [0.1, 0.15) is 5.76 Å². The average molecular weight is 502 g/mol. The van der Waals surface area contributed by atoms with E-state index < -0.39 is 10.0 Å². The summed E-state index contributed by atoms with van der Waals surface area (Å²) < 4.78 is 34.1. The van der Waals surface area contributed by atoms with Crippen molar-refractivity contribution in [2.24, 2.45) is 0 Å². The summed E-state index contributed by atoms with van der Waals surface area (Å²) in [5.41, 5.74) is 3.27. The lowest BCUT2D eigenvalue weighted by molar-refractivity contribution is 0.0735. The highest BCUT2D eigenvalue weighted by Crippen LogP contribution is 2.31. The molecule has 3 aromatic rings. The summed E-state index contributed by atoms with van der Waals surface area (Å²) in [7, 11) is -3.73. The van der Waals surface area contributed by atoms with Crippen LogP contribution in [0.15, 0.2) is 33.1 Å². The van der Waals surface area contributed by atoms with Crippen LogP contribution in [0, 0.1) is 20.8 Å². The van der Waals surface area contributed by atoms with E-state index in [1.165, 1.54) is 4.31 Å². The molecule has 1 aromatic carbocycles. The number of aryl methyl sites for hydroxylation is 3. The molecule has 9 nitrogen and oxygen atoms in total. The van der Waals surface area contributed by atoms with Gasteiger partial charge in [0, 0.05) is 62.8 Å². The molecule has 1 amide bonds. The minimum absolute atomic E-state index is 0.0775. The maximum atomic E-state index is 13.6. The lowest BCUT2D eigenvalue weighted by Crippen LogP contribution is -2.49. The van der Waals surface area contributed by atoms with Crippen LogP contribution in [0.4, 0.5) is 5.13 Å². The van der Waals surface area contributed by atoms with Crippen molar-refractivity contribution in [2.45, 2.75) is 38.6 Å². The molecule has 4 heterocycles. The fourth-order valence-corrected chi connectivity index (χ4v) is 7.40. The molecule has 11 heteroatoms. The topological polar surface area (TPSA) is 99.8 Å². The van der Waals surface area contributed by atoms with Gasteiger partial charge in [-0.05, 0) is 31.9 Å². The Morgan fingerprint density at radius 2 is 1.76 bits per heavy atom. The van der Waals surface area contributed by atoms with Crippen LogP contribution in [0.25, 0.3) is 0 Å². The molecule has 5 rings (SSSR count). The minimum Gasteiger partial charge on any atom is -0.360 e. The van der Waals surface area contributed by atoms with E-state index in [1.807, 2.05) is 38.3 Å². The number of rotatable bonds is 4. The summed E-state index contributed by atoms with van der Waals surface area (Å²) in [6.45, 7) is 8.43. The molecule has 0 atom stereocenters. The summed E-state index contributed by atoms with van der Waals surface area (Å²) in [5, 5.41) is 6.96. The van der Waals surface area contributed by atoms with Gasteiger partial charge in [-0.3, -0.25) is 4.79 Å². The number of nitrogens with zero attached hydrogens (tertiary/aromatic N) is 5. The highest BCUT2D eigenvalue weighted by atomic mass is 32.2. The van der Waals surface area contributed by atoms with Crippen molar-refractivity contribution in [1.29, 1.82) is 0 Å². The summed E-state index contributed by atoms with van der Waals surface area (Å²) >= 11 is 1.58. The Morgan fingerprint density at radius 3 is 2.41 bits per heavy atom. The monoisotopic (exact) mass is 501 g/mol. The number of sulfonamides is 1. The van der Waals surface area contributed by atoms with Gasteiger partial charge in [-0.1, -0.05) is 22.9 Å². The second kappa shape index (κ2) is 8.79. The lowest BCUT2D eigenvalue weighted by Gasteiger charge is -2.34. The number of carbonyl (C=O) groups excluding carboxylic acids is 1. The number of amides is 1. The summed E-state index contributed by atoms with van der Waals surface area (Å²) in [4.78, 5) is 21.9. The SMILES string of the molecule is Cc1cc(C)c(S(=O)(=O)N2CCc3onc(C(=O)N4CCN(c5nccs5)CC4)c3C2)c(C)c1. The molecule has 180 valence electrons. The Kier molecular flexibility index (Phi) is 5.95. The van der Waals surface area contributed by atoms with E-state index in [9.17, 15) is 13.2 Å². The number of piperazine rings is 1. The van der Waals surface area contributed by atoms with Gasteiger partial charge >= 0.3 is 0 Å². The largest absolute Gasteiger partial charge is 0.360 e. The zero-order valence-corrected chi connectivity index (χ0v) is 21.1. The number of benzene rings is 1. The molecular formula is C23H27N5O4S2. The fourth-order valence-electron chi connectivity index (χ4n) is 4.88. The molecule has 0 aliphatic carbocycles. The molecular weight excluding hydrogens is 474 g/mol. The van der Waals surface area contributed by atoms with Gasteiger partial charge < -0.3 is 14.3 Å². The van der Waals surface area contributed by atoms with Gasteiger partial charge in [0.25, 0.3) is 5.91 Å². The van der Waals surface area contributed by atoms with Crippen LogP contribution in [-0.2, 0) is 23.0 Å². The van der Waals surface area contributed by atoms with Crippen molar-refractivity contribution < 1.29 is 17.7 Å². The van der Waals surface area contributed by atoms with Gasteiger partial charge in [-0.2, -0.15) is 4.31 Å². The van der Waals surface area contributed by atoms with E-state index in [0.29, 0.717) is 48.8 Å². The maximum Gasteiger partial charge on any atom is 0.276 e. The standard InChI is InChI=1S/C23H27N5O4S2/c1-15-12-16(2)21(17(3)13-15)34(30,31)28-6-4-19-18(14-28)20(25-32-19)22(29)26-7-9-27(10-8-26)23-24-5-11-33-23/h5,11-13H,4,6-10,14H2,1-3H3. The number of fused-ring (bicyclic) bond motifs is 1. The number of carbonyl (C=O) groups is 1. The van der Waals surface area contributed by atoms with Crippen molar-refractivity contribution in [1.82, 2.24) is 19.3 Å². The van der Waals surface area contributed by atoms with Crippen LogP contribution in [0.3, 0.4) is 0 Å². The summed E-state index contributed by atoms with van der Waals surface area (Å²) in [5.74, 6) is 0.374. The first-order valence-electron chi connectivity index (χ1n) is 11.2. The van der Waals surface area contributed by atoms with E-state index in [2.05, 4.69) is 15.0 Å². The van der Waals surface area contributed by atoms with E-state index in [1.54, 1.807) is 22.4 Å². The van der Waals surface area contributed by atoms with E-state index in [-0.39, 0.29) is 24.7 Å². The van der Waals surface area contributed by atoms with Crippen molar-refractivity contribution in [3.8, 4) is 0 Å². The second-order valence-corrected chi connectivity index (χ2v) is 11.6. The second-order valence-electron chi connectivity index (χ2n) is 8.84. The first-order chi connectivity index (χ1) is 16.3. The van der Waals surface area contributed by atoms with Crippen molar-refractivity contribution in [3.05, 3.63) is 57.4 Å². The van der Waals surface area contributed by atoms with Gasteiger partial charge in [-0.25, -0.2) is 13.4 Å². The minimum atomic E-state index is -3.73. The molecule has 2 aliphatic rings. The average Bonchev–Trinajstić information content (AvgIpc) is 3.48. The Labute approximate surface area is 203 Å². The summed E-state index contributed by atoms with van der Waals surface area (Å²) in [6.07, 6.45) is 2.16.